The topological polar surface area (TPSA) is 78.9 Å². The van der Waals surface area contributed by atoms with Crippen LogP contribution in [0.4, 0.5) is 4.39 Å². The number of likely N-dealkylation sites (tertiary alicyclic amines) is 1. The summed E-state index contributed by atoms with van der Waals surface area (Å²) in [4.78, 5) is 26.6. The molecule has 6 nitrogen and oxygen atoms in total. The van der Waals surface area contributed by atoms with Gasteiger partial charge in [0, 0.05) is 24.6 Å². The normalized spacial score (nSPS) is 25.2. The van der Waals surface area contributed by atoms with Gasteiger partial charge in [0.1, 0.15) is 17.7 Å². The summed E-state index contributed by atoms with van der Waals surface area (Å²) in [6.45, 7) is 5.31. The molecular weight excluding hydrogens is 483 g/mol. The molecule has 1 saturated heterocycles. The fraction of sp³-hybridized carbons (Fsp3) is 0.548. The van der Waals surface area contributed by atoms with Crippen molar-refractivity contribution in [3.63, 3.8) is 0 Å². The molecule has 2 N–H and O–H groups in total. The average molecular weight is 523 g/mol. The largest absolute Gasteiger partial charge is 0.490 e. The Hall–Kier alpha value is -2.93. The van der Waals surface area contributed by atoms with Crippen LogP contribution >= 0.6 is 0 Å². The maximum absolute atomic E-state index is 15.1. The van der Waals surface area contributed by atoms with E-state index in [0.717, 1.165) is 56.2 Å². The van der Waals surface area contributed by atoms with E-state index in [9.17, 15) is 14.7 Å². The van der Waals surface area contributed by atoms with Gasteiger partial charge in [0.05, 0.1) is 12.5 Å². The molecule has 1 amide bonds. The van der Waals surface area contributed by atoms with Crippen LogP contribution in [0.15, 0.2) is 36.4 Å². The van der Waals surface area contributed by atoms with E-state index < -0.39 is 5.97 Å². The molecule has 2 aromatic carbocycles. The number of carboxylic acids is 1. The zero-order chi connectivity index (χ0) is 27.0. The van der Waals surface area contributed by atoms with Crippen molar-refractivity contribution in [1.82, 2.24) is 10.2 Å². The van der Waals surface area contributed by atoms with Crippen molar-refractivity contribution >= 4 is 11.9 Å². The summed E-state index contributed by atoms with van der Waals surface area (Å²) in [5.74, 6) is -0.224. The lowest BCUT2D eigenvalue weighted by Crippen LogP contribution is -2.45. The second kappa shape index (κ2) is 10.7. The van der Waals surface area contributed by atoms with E-state index in [1.54, 1.807) is 12.1 Å². The number of amides is 1. The predicted molar refractivity (Wildman–Crippen MR) is 145 cm³/mol. The lowest BCUT2D eigenvalue weighted by Gasteiger charge is -2.29. The van der Waals surface area contributed by atoms with E-state index >= 15 is 4.39 Å². The van der Waals surface area contributed by atoms with Gasteiger partial charge in [-0.3, -0.25) is 14.5 Å². The molecule has 0 bridgehead atoms. The van der Waals surface area contributed by atoms with Crippen LogP contribution in [0.5, 0.6) is 5.75 Å². The molecular formula is C31H39FN2O4. The van der Waals surface area contributed by atoms with E-state index in [4.69, 9.17) is 4.74 Å². The molecule has 0 radical (unpaired) electrons. The zero-order valence-corrected chi connectivity index (χ0v) is 22.6. The third kappa shape index (κ3) is 5.73. The number of nitrogens with one attached hydrogen (secondary N) is 1. The van der Waals surface area contributed by atoms with Crippen LogP contribution in [0.2, 0.25) is 0 Å². The summed E-state index contributed by atoms with van der Waals surface area (Å²) in [6, 6.07) is 10.5. The molecule has 0 unspecified atom stereocenters. The van der Waals surface area contributed by atoms with Gasteiger partial charge in [-0.1, -0.05) is 38.5 Å². The number of hydrogen-bond acceptors (Lipinski definition) is 4. The van der Waals surface area contributed by atoms with Crippen LogP contribution < -0.4 is 10.1 Å². The highest BCUT2D eigenvalue weighted by molar-refractivity contribution is 5.82. The smallest absolute Gasteiger partial charge is 0.307 e. The Morgan fingerprint density at radius 3 is 2.58 bits per heavy atom. The molecule has 1 heterocycles. The van der Waals surface area contributed by atoms with Crippen molar-refractivity contribution in [2.45, 2.75) is 89.3 Å². The van der Waals surface area contributed by atoms with Crippen molar-refractivity contribution in [3.8, 4) is 16.9 Å². The first-order chi connectivity index (χ1) is 18.1. The molecule has 3 fully saturated rings. The second-order valence-electron chi connectivity index (χ2n) is 12.3. The number of nitrogens with zero attached hydrogens (tertiary/aromatic N) is 1. The highest BCUT2D eigenvalue weighted by Gasteiger charge is 2.40. The van der Waals surface area contributed by atoms with Crippen LogP contribution in [0.3, 0.4) is 0 Å². The number of carbonyl (C=O) groups is 2. The Bertz CT molecular complexity index is 1210. The molecule has 3 aliphatic rings. The van der Waals surface area contributed by atoms with Gasteiger partial charge in [-0.05, 0) is 85.4 Å². The van der Waals surface area contributed by atoms with Crippen LogP contribution in [-0.2, 0) is 16.0 Å². The minimum absolute atomic E-state index is 0.0547. The van der Waals surface area contributed by atoms with Crippen LogP contribution in [0.1, 0.15) is 75.8 Å². The Labute approximate surface area is 224 Å². The van der Waals surface area contributed by atoms with Crippen molar-refractivity contribution in [3.05, 3.63) is 53.3 Å². The van der Waals surface area contributed by atoms with Gasteiger partial charge in [-0.25, -0.2) is 4.39 Å². The maximum Gasteiger partial charge on any atom is 0.307 e. The van der Waals surface area contributed by atoms with Crippen molar-refractivity contribution in [1.29, 1.82) is 0 Å². The monoisotopic (exact) mass is 522 g/mol. The summed E-state index contributed by atoms with van der Waals surface area (Å²) in [5, 5.41) is 12.6. The van der Waals surface area contributed by atoms with E-state index in [-0.39, 0.29) is 47.7 Å². The Balaban J connectivity index is 1.34. The maximum atomic E-state index is 15.1. The summed E-state index contributed by atoms with van der Waals surface area (Å²) >= 11 is 0. The van der Waals surface area contributed by atoms with E-state index in [0.29, 0.717) is 23.3 Å². The third-order valence-corrected chi connectivity index (χ3v) is 8.54. The lowest BCUT2D eigenvalue weighted by molar-refractivity contribution is -0.136. The molecule has 2 aromatic rings. The quantitative estimate of drug-likeness (QED) is 0.476. The minimum Gasteiger partial charge on any atom is -0.490 e. The number of ether oxygens (including phenoxy) is 1. The number of hydrogen-bond donors (Lipinski definition) is 2. The molecule has 5 rings (SSSR count). The summed E-state index contributed by atoms with van der Waals surface area (Å²) in [7, 11) is 2.01. The minimum atomic E-state index is -0.909. The Morgan fingerprint density at radius 1 is 1.13 bits per heavy atom. The summed E-state index contributed by atoms with van der Waals surface area (Å²) in [5.41, 5.74) is 3.02. The van der Waals surface area contributed by atoms with Crippen molar-refractivity contribution < 1.29 is 23.8 Å². The van der Waals surface area contributed by atoms with Crippen LogP contribution in [0.25, 0.3) is 11.1 Å². The highest BCUT2D eigenvalue weighted by Crippen LogP contribution is 2.45. The van der Waals surface area contributed by atoms with Gasteiger partial charge >= 0.3 is 5.97 Å². The molecule has 0 aromatic heterocycles. The number of likely N-dealkylation sites (N-methyl/N-ethyl adjacent to an activating group) is 1. The molecule has 2 saturated carbocycles. The molecule has 7 heteroatoms. The first-order valence-corrected chi connectivity index (χ1v) is 13.9. The van der Waals surface area contributed by atoms with Gasteiger partial charge < -0.3 is 15.2 Å². The molecule has 3 atom stereocenters. The first kappa shape index (κ1) is 26.7. The average Bonchev–Trinajstić information content (AvgIpc) is 3.36. The van der Waals surface area contributed by atoms with Gasteiger partial charge in [-0.15, -0.1) is 0 Å². The lowest BCUT2D eigenvalue weighted by atomic mass is 9.76. The van der Waals surface area contributed by atoms with E-state index in [2.05, 4.69) is 24.1 Å². The SMILES string of the molecule is CN1CC(C)(C)C[C@H]1C(=O)N[C@@H]1CC[C@@H](Oc2ccc(CC(=O)O)cc2-c2cccc(F)c2C2CCC2)C1. The van der Waals surface area contributed by atoms with Crippen LogP contribution in [-0.4, -0.2) is 53.7 Å². The number of rotatable bonds is 8. The number of carboxylic acid groups (broad SMARTS) is 1. The number of benzene rings is 2. The van der Waals surface area contributed by atoms with Gasteiger partial charge in [0.2, 0.25) is 5.91 Å². The molecule has 38 heavy (non-hydrogen) atoms. The van der Waals surface area contributed by atoms with Gasteiger partial charge in [-0.2, -0.15) is 0 Å². The summed E-state index contributed by atoms with van der Waals surface area (Å²) in [6.07, 6.45) is 6.03. The zero-order valence-electron chi connectivity index (χ0n) is 22.6. The van der Waals surface area contributed by atoms with E-state index in [1.807, 2.05) is 25.2 Å². The molecule has 2 aliphatic carbocycles. The third-order valence-electron chi connectivity index (χ3n) is 8.54. The van der Waals surface area contributed by atoms with Crippen LogP contribution in [0, 0.1) is 11.2 Å². The fourth-order valence-electron chi connectivity index (χ4n) is 6.54. The number of halogens is 1. The van der Waals surface area contributed by atoms with Gasteiger partial charge in [0.25, 0.3) is 0 Å². The highest BCUT2D eigenvalue weighted by atomic mass is 19.1. The molecule has 1 aliphatic heterocycles. The van der Waals surface area contributed by atoms with Crippen molar-refractivity contribution in [2.75, 3.05) is 13.6 Å². The standard InChI is InChI=1S/C31H39FN2O4/c1-31(2)17-26(34(3)18-31)30(37)33-21-11-12-22(16-21)38-27-13-10-19(15-28(35)36)14-24(27)23-8-5-9-25(32)29(23)20-6-4-7-20/h5,8-10,13-14,20-22,26H,4,6-7,11-12,15-18H2,1-3H3,(H,33,37)(H,35,36)/t21-,22-,26+/m1/s1. The van der Waals surface area contributed by atoms with E-state index in [1.165, 1.54) is 6.07 Å². The fourth-order valence-corrected chi connectivity index (χ4v) is 6.54. The molecule has 204 valence electrons. The summed E-state index contributed by atoms with van der Waals surface area (Å²) < 4.78 is 21.6. The Kier molecular flexibility index (Phi) is 7.49. The second-order valence-corrected chi connectivity index (χ2v) is 12.3. The van der Waals surface area contributed by atoms with Crippen molar-refractivity contribution in [2.24, 2.45) is 5.41 Å². The van der Waals surface area contributed by atoms with Gasteiger partial charge in [0.15, 0.2) is 0 Å². The number of carbonyl (C=O) groups excluding carboxylic acids is 1. The predicted octanol–water partition coefficient (Wildman–Crippen LogP) is 5.53. The first-order valence-electron chi connectivity index (χ1n) is 13.9. The number of aliphatic carboxylic acids is 1. The Morgan fingerprint density at radius 2 is 1.92 bits per heavy atom. The molecule has 0 spiro atoms.